The van der Waals surface area contributed by atoms with Crippen molar-refractivity contribution in [3.63, 3.8) is 0 Å². The van der Waals surface area contributed by atoms with Crippen molar-refractivity contribution in [3.8, 4) is 6.07 Å². The molecule has 0 N–H and O–H groups in total. The number of nitriles is 1. The summed E-state index contributed by atoms with van der Waals surface area (Å²) in [7, 11) is 0. The maximum atomic E-state index is 11.3. The second kappa shape index (κ2) is 12.5. The maximum Gasteiger partial charge on any atom is 0.193 e. The van der Waals surface area contributed by atoms with Crippen LogP contribution in [0.25, 0.3) is 81.0 Å². The summed E-state index contributed by atoms with van der Waals surface area (Å²) >= 11 is 0. The number of hydrogen-bond donors (Lipinski definition) is 0. The molecule has 338 valence electrons. The predicted octanol–water partition coefficient (Wildman–Crippen LogP) is 17.0. The molecule has 0 amide bonds. The Bertz CT molecular complexity index is 4410. The molecule has 4 heteroatoms. The summed E-state index contributed by atoms with van der Waals surface area (Å²) < 4.78 is 5.06. The summed E-state index contributed by atoms with van der Waals surface area (Å²) in [5.41, 5.74) is 26.6. The Morgan fingerprint density at radius 1 is 0.417 bits per heavy atom. The minimum absolute atomic E-state index is 0.00185. The average Bonchev–Trinajstić information content (AvgIpc) is 4.11. The Morgan fingerprint density at radius 3 is 1.14 bits per heavy atom. The van der Waals surface area contributed by atoms with E-state index in [2.05, 4.69) is 207 Å². The summed E-state index contributed by atoms with van der Waals surface area (Å²) in [4.78, 5) is 4.43. The first kappa shape index (κ1) is 39.3. The molecule has 4 heterocycles. The first-order valence-corrected chi connectivity index (χ1v) is 25.7. The smallest absolute Gasteiger partial charge is 0.193 e. The topological polar surface area (TPSA) is 37.0 Å². The van der Waals surface area contributed by atoms with Gasteiger partial charge < -0.3 is 8.80 Å². The van der Waals surface area contributed by atoms with Crippen LogP contribution in [0.2, 0.25) is 0 Å². The van der Waals surface area contributed by atoms with Crippen molar-refractivity contribution < 1.29 is 0 Å². The third kappa shape index (κ3) is 4.36. The molecule has 4 nitrogen and oxygen atoms in total. The molecule has 72 heavy (non-hydrogen) atoms. The number of rotatable bonds is 0. The SMILES string of the molecule is [C-]#[N+]c1cc2c(c3c1C1c4ccccc4C3c3ccccc31)c1cc(C(C)(C)C)cc3c4cc5c(cc4n2c31)c1cc(C(C)(C)C)cc2c3c4c(c(C#N)cc3n5c12)C1c2ccccc2C4c2ccccc21. The molecule has 6 aliphatic carbocycles. The van der Waals surface area contributed by atoms with Crippen LogP contribution in [0.1, 0.15) is 149 Å². The van der Waals surface area contributed by atoms with Gasteiger partial charge in [0.1, 0.15) is 0 Å². The van der Waals surface area contributed by atoms with Gasteiger partial charge in [0.2, 0.25) is 0 Å². The van der Waals surface area contributed by atoms with Crippen molar-refractivity contribution in [1.29, 1.82) is 5.26 Å². The van der Waals surface area contributed by atoms with Crippen LogP contribution in [0.5, 0.6) is 0 Å². The largest absolute Gasteiger partial charge is 0.309 e. The van der Waals surface area contributed by atoms with Gasteiger partial charge >= 0.3 is 0 Å². The average molecular weight is 919 g/mol. The Balaban J connectivity index is 1.04. The fraction of sp³-hybridized carbons (Fsp3) is 0.176. The highest BCUT2D eigenvalue weighted by Crippen LogP contribution is 2.63. The van der Waals surface area contributed by atoms with Gasteiger partial charge in [0.15, 0.2) is 5.69 Å². The van der Waals surface area contributed by atoms with E-state index in [-0.39, 0.29) is 34.5 Å². The molecule has 0 atom stereocenters. The molecule has 0 radical (unpaired) electrons. The van der Waals surface area contributed by atoms with Crippen LogP contribution < -0.4 is 0 Å². The highest BCUT2D eigenvalue weighted by molar-refractivity contribution is 6.30. The van der Waals surface area contributed by atoms with Crippen LogP contribution in [0.4, 0.5) is 5.69 Å². The monoisotopic (exact) mass is 918 g/mol. The van der Waals surface area contributed by atoms with Crippen molar-refractivity contribution in [2.75, 3.05) is 0 Å². The van der Waals surface area contributed by atoms with Crippen molar-refractivity contribution in [2.45, 2.75) is 76.0 Å². The summed E-state index contributed by atoms with van der Waals surface area (Å²) in [5, 5.41) is 21.3. The predicted molar refractivity (Wildman–Crippen MR) is 294 cm³/mol. The van der Waals surface area contributed by atoms with E-state index in [0.29, 0.717) is 0 Å². The standard InChI is InChI=1S/C68H46N4/c1-67(2,3)34-25-46-44-30-52-45(29-51(44)71-53-24-33(32-69)55-56-36-16-8-12-20-40(36)58(41-21-13-9-17-37(41)56)63(55)60(53)48(27-34)65(46)71)47-26-35(68(4,5)6)28-49-61-54(72(52)66(47)49)31-50(70-7)62-57-38-18-10-14-22-42(38)59(64(61)62)43-23-15-11-19-39(43)57/h8-31,56-59H,1-6H3. The van der Waals surface area contributed by atoms with Crippen molar-refractivity contribution >= 4 is 81.9 Å². The third-order valence-corrected chi connectivity index (χ3v) is 18.2. The van der Waals surface area contributed by atoms with Crippen LogP contribution in [-0.2, 0) is 10.8 Å². The van der Waals surface area contributed by atoms with Crippen molar-refractivity contribution in [1.82, 2.24) is 8.80 Å². The quantitative estimate of drug-likeness (QED) is 0.140. The number of aromatic nitrogens is 2. The molecule has 0 spiro atoms. The Morgan fingerprint density at radius 2 is 0.764 bits per heavy atom. The van der Waals surface area contributed by atoms with Crippen LogP contribution in [0.15, 0.2) is 146 Å². The molecule has 0 unspecified atom stereocenters. The van der Waals surface area contributed by atoms with Crippen LogP contribution in [-0.4, -0.2) is 8.80 Å². The number of benzene rings is 9. The first-order valence-electron chi connectivity index (χ1n) is 25.7. The van der Waals surface area contributed by atoms with Gasteiger partial charge in [-0.2, -0.15) is 5.26 Å². The zero-order chi connectivity index (χ0) is 48.2. The van der Waals surface area contributed by atoms with Gasteiger partial charge in [-0.3, -0.25) is 0 Å². The Kier molecular flexibility index (Phi) is 6.84. The highest BCUT2D eigenvalue weighted by Gasteiger charge is 2.46. The van der Waals surface area contributed by atoms with E-state index in [1.807, 2.05) is 0 Å². The molecule has 0 fully saturated rings. The summed E-state index contributed by atoms with van der Waals surface area (Å²) in [6.07, 6.45) is 0. The van der Waals surface area contributed by atoms with E-state index in [4.69, 9.17) is 6.57 Å². The summed E-state index contributed by atoms with van der Waals surface area (Å²) in [6, 6.07) is 58.1. The lowest BCUT2D eigenvalue weighted by Crippen LogP contribution is -2.28. The minimum atomic E-state index is -0.127. The lowest BCUT2D eigenvalue weighted by atomic mass is 9.59. The fourth-order valence-corrected chi connectivity index (χ4v) is 15.3. The van der Waals surface area contributed by atoms with Gasteiger partial charge in [0, 0.05) is 72.3 Å². The van der Waals surface area contributed by atoms with Gasteiger partial charge in [-0.05, 0) is 137 Å². The summed E-state index contributed by atoms with van der Waals surface area (Å²) in [5.74, 6) is 0.0373. The molecule has 13 aromatic rings. The van der Waals surface area contributed by atoms with Crippen LogP contribution >= 0.6 is 0 Å². The lowest BCUT2D eigenvalue weighted by Gasteiger charge is -2.43. The fourth-order valence-electron chi connectivity index (χ4n) is 15.3. The zero-order valence-electron chi connectivity index (χ0n) is 41.0. The van der Waals surface area contributed by atoms with Gasteiger partial charge in [-0.25, -0.2) is 4.85 Å². The van der Waals surface area contributed by atoms with E-state index in [1.165, 1.54) is 132 Å². The number of hydrogen-bond acceptors (Lipinski definition) is 1. The molecular weight excluding hydrogens is 873 g/mol. The molecule has 4 bridgehead atoms. The first-order chi connectivity index (χ1) is 34.9. The molecule has 0 saturated heterocycles. The van der Waals surface area contributed by atoms with Gasteiger partial charge in [0.25, 0.3) is 0 Å². The third-order valence-electron chi connectivity index (χ3n) is 18.2. The molecule has 6 aliphatic rings. The van der Waals surface area contributed by atoms with Gasteiger partial charge in [0.05, 0.1) is 45.8 Å². The van der Waals surface area contributed by atoms with E-state index in [9.17, 15) is 5.26 Å². The molecule has 9 aromatic carbocycles. The van der Waals surface area contributed by atoms with Gasteiger partial charge in [-0.1, -0.05) is 139 Å². The second-order valence-corrected chi connectivity index (χ2v) is 23.6. The van der Waals surface area contributed by atoms with Crippen molar-refractivity contribution in [2.24, 2.45) is 0 Å². The normalized spacial score (nSPS) is 18.4. The molecule has 0 saturated carbocycles. The Labute approximate surface area is 416 Å². The van der Waals surface area contributed by atoms with E-state index >= 15 is 0 Å². The molecule has 4 aromatic heterocycles. The summed E-state index contributed by atoms with van der Waals surface area (Å²) in [6.45, 7) is 22.9. The zero-order valence-corrected chi connectivity index (χ0v) is 41.0. The Hall–Kier alpha value is -8.44. The highest BCUT2D eigenvalue weighted by atomic mass is 14.9. The van der Waals surface area contributed by atoms with E-state index in [0.717, 1.165) is 33.3 Å². The lowest BCUT2D eigenvalue weighted by molar-refractivity contribution is 0.591. The van der Waals surface area contributed by atoms with E-state index in [1.54, 1.807) is 0 Å². The molecular formula is C68H46N4. The van der Waals surface area contributed by atoms with Crippen molar-refractivity contribution in [3.05, 3.63) is 240 Å². The minimum Gasteiger partial charge on any atom is -0.309 e. The number of nitrogens with zero attached hydrogens (tertiary/aromatic N) is 4. The maximum absolute atomic E-state index is 11.3. The molecule has 19 rings (SSSR count). The molecule has 0 aliphatic heterocycles. The van der Waals surface area contributed by atoms with Crippen LogP contribution in [0, 0.1) is 17.9 Å². The number of fused-ring (bicyclic) bond motifs is 12. The van der Waals surface area contributed by atoms with Crippen LogP contribution in [0.3, 0.4) is 0 Å². The van der Waals surface area contributed by atoms with E-state index < -0.39 is 0 Å². The van der Waals surface area contributed by atoms with Gasteiger partial charge in [-0.15, -0.1) is 0 Å². The second-order valence-electron chi connectivity index (χ2n) is 23.6.